The fraction of sp³-hybridized carbons (Fsp3) is 0.722. The molecule has 4 nitrogen and oxygen atoms in total. The molecule has 4 heteroatoms. The minimum Gasteiger partial charge on any atom is -0.490 e. The smallest absolute Gasteiger partial charge is 0.127 e. The van der Waals surface area contributed by atoms with Gasteiger partial charge in [0.1, 0.15) is 5.75 Å². The molecule has 0 amide bonds. The molecule has 4 rings (SSSR count). The van der Waals surface area contributed by atoms with Crippen molar-refractivity contribution in [1.82, 2.24) is 14.8 Å². The third kappa shape index (κ3) is 2.86. The first-order valence-corrected chi connectivity index (χ1v) is 8.85. The van der Waals surface area contributed by atoms with E-state index in [2.05, 4.69) is 27.9 Å². The van der Waals surface area contributed by atoms with Gasteiger partial charge in [-0.15, -0.1) is 0 Å². The molecule has 1 aromatic rings. The van der Waals surface area contributed by atoms with Gasteiger partial charge in [-0.1, -0.05) is 0 Å². The molecule has 2 fully saturated rings. The lowest BCUT2D eigenvalue weighted by atomic mass is 9.95. The topological polar surface area (TPSA) is 28.6 Å². The molecule has 0 atom stereocenters. The highest BCUT2D eigenvalue weighted by molar-refractivity contribution is 5.37. The molecule has 0 spiro atoms. The van der Waals surface area contributed by atoms with E-state index in [4.69, 9.17) is 4.74 Å². The van der Waals surface area contributed by atoms with Crippen LogP contribution in [0.25, 0.3) is 0 Å². The van der Waals surface area contributed by atoms with E-state index >= 15 is 0 Å². The predicted octanol–water partition coefficient (Wildman–Crippen LogP) is 2.47. The van der Waals surface area contributed by atoms with Crippen molar-refractivity contribution in [2.24, 2.45) is 0 Å². The lowest BCUT2D eigenvalue weighted by molar-refractivity contribution is 0.0973. The second kappa shape index (κ2) is 6.17. The van der Waals surface area contributed by atoms with Crippen LogP contribution in [0.3, 0.4) is 0 Å². The van der Waals surface area contributed by atoms with E-state index in [0.29, 0.717) is 6.10 Å². The lowest BCUT2D eigenvalue weighted by Crippen LogP contribution is -2.45. The number of fused-ring (bicyclic) bond motifs is 1. The minimum atomic E-state index is 0.449. The van der Waals surface area contributed by atoms with Crippen molar-refractivity contribution >= 4 is 0 Å². The van der Waals surface area contributed by atoms with Crippen molar-refractivity contribution in [2.75, 3.05) is 26.7 Å². The van der Waals surface area contributed by atoms with E-state index in [1.807, 2.05) is 6.20 Å². The zero-order valence-electron chi connectivity index (χ0n) is 13.6. The minimum absolute atomic E-state index is 0.449. The fourth-order valence-electron chi connectivity index (χ4n) is 3.88. The molecule has 0 bridgehead atoms. The molecular formula is C18H27N3O. The summed E-state index contributed by atoms with van der Waals surface area (Å²) in [6, 6.07) is 2.82. The number of hydrogen-bond donors (Lipinski definition) is 0. The number of pyridine rings is 1. The lowest BCUT2D eigenvalue weighted by Gasteiger charge is -2.40. The van der Waals surface area contributed by atoms with Gasteiger partial charge < -0.3 is 9.64 Å². The average Bonchev–Trinajstić information content (AvgIpc) is 2.51. The highest BCUT2D eigenvalue weighted by atomic mass is 16.5. The Bertz CT molecular complexity index is 521. The Balaban J connectivity index is 1.48. The highest BCUT2D eigenvalue weighted by Crippen LogP contribution is 2.32. The Kier molecular flexibility index (Phi) is 4.05. The SMILES string of the molecule is CN1CCC(N2CCc3nccc(OC4CCC4)c3C2)CC1. The average molecular weight is 301 g/mol. The first kappa shape index (κ1) is 14.5. The number of hydrogen-bond acceptors (Lipinski definition) is 4. The predicted molar refractivity (Wildman–Crippen MR) is 87.1 cm³/mol. The van der Waals surface area contributed by atoms with Crippen molar-refractivity contribution in [2.45, 2.75) is 57.2 Å². The van der Waals surface area contributed by atoms with Crippen molar-refractivity contribution in [1.29, 1.82) is 0 Å². The Morgan fingerprint density at radius 3 is 2.68 bits per heavy atom. The van der Waals surface area contributed by atoms with Gasteiger partial charge >= 0.3 is 0 Å². The molecular weight excluding hydrogens is 274 g/mol. The standard InChI is InChI=1S/C18H27N3O/c1-20-10-6-14(7-11-20)21-12-8-17-16(13-21)18(5-9-19-17)22-15-3-2-4-15/h5,9,14-15H,2-4,6-8,10-13H2,1H3. The Labute approximate surface area is 133 Å². The van der Waals surface area contributed by atoms with Crippen LogP contribution in [-0.4, -0.2) is 53.6 Å². The highest BCUT2D eigenvalue weighted by Gasteiger charge is 2.29. The zero-order valence-corrected chi connectivity index (χ0v) is 13.6. The molecule has 0 N–H and O–H groups in total. The molecule has 0 aromatic carbocycles. The third-order valence-corrected chi connectivity index (χ3v) is 5.65. The molecule has 1 aromatic heterocycles. The van der Waals surface area contributed by atoms with Gasteiger partial charge in [0.2, 0.25) is 0 Å². The van der Waals surface area contributed by atoms with E-state index in [-0.39, 0.29) is 0 Å². The van der Waals surface area contributed by atoms with Gasteiger partial charge in [0.25, 0.3) is 0 Å². The van der Waals surface area contributed by atoms with Gasteiger partial charge in [0.15, 0.2) is 0 Å². The van der Waals surface area contributed by atoms with Crippen LogP contribution in [0.1, 0.15) is 43.4 Å². The normalized spacial score (nSPS) is 24.8. The Morgan fingerprint density at radius 2 is 1.95 bits per heavy atom. The maximum Gasteiger partial charge on any atom is 0.127 e. The van der Waals surface area contributed by atoms with Crippen molar-refractivity contribution in [3.8, 4) is 5.75 Å². The maximum atomic E-state index is 6.23. The van der Waals surface area contributed by atoms with E-state index in [1.54, 1.807) is 0 Å². The van der Waals surface area contributed by atoms with Crippen molar-refractivity contribution < 1.29 is 4.74 Å². The summed E-state index contributed by atoms with van der Waals surface area (Å²) in [5, 5.41) is 0. The van der Waals surface area contributed by atoms with E-state index < -0.39 is 0 Å². The third-order valence-electron chi connectivity index (χ3n) is 5.65. The molecule has 3 aliphatic rings. The fourth-order valence-corrected chi connectivity index (χ4v) is 3.88. The van der Waals surface area contributed by atoms with Gasteiger partial charge in [0, 0.05) is 43.0 Å². The van der Waals surface area contributed by atoms with Crippen LogP contribution in [0.2, 0.25) is 0 Å². The summed E-state index contributed by atoms with van der Waals surface area (Å²) in [5.41, 5.74) is 2.63. The second-order valence-electron chi connectivity index (χ2n) is 7.16. The van der Waals surface area contributed by atoms with E-state index in [0.717, 1.165) is 31.3 Å². The number of likely N-dealkylation sites (tertiary alicyclic amines) is 1. The number of aromatic nitrogens is 1. The van der Waals surface area contributed by atoms with Crippen LogP contribution in [0.15, 0.2) is 12.3 Å². The largest absolute Gasteiger partial charge is 0.490 e. The molecule has 0 radical (unpaired) electrons. The van der Waals surface area contributed by atoms with Gasteiger partial charge in [-0.25, -0.2) is 0 Å². The summed E-state index contributed by atoms with van der Waals surface area (Å²) in [6.07, 6.45) is 9.80. The van der Waals surface area contributed by atoms with Gasteiger partial charge in [-0.2, -0.15) is 0 Å². The van der Waals surface area contributed by atoms with Gasteiger partial charge in [-0.05, 0) is 58.3 Å². The number of ether oxygens (including phenoxy) is 1. The second-order valence-corrected chi connectivity index (χ2v) is 7.16. The maximum absolute atomic E-state index is 6.23. The number of rotatable bonds is 3. The van der Waals surface area contributed by atoms with Crippen LogP contribution in [-0.2, 0) is 13.0 Å². The van der Waals surface area contributed by atoms with Crippen LogP contribution in [0, 0.1) is 0 Å². The molecule has 120 valence electrons. The number of piperidine rings is 1. The van der Waals surface area contributed by atoms with Crippen LogP contribution < -0.4 is 4.74 Å². The quantitative estimate of drug-likeness (QED) is 0.857. The first-order chi connectivity index (χ1) is 10.8. The van der Waals surface area contributed by atoms with Crippen LogP contribution in [0.4, 0.5) is 0 Å². The number of nitrogens with zero attached hydrogens (tertiary/aromatic N) is 3. The Morgan fingerprint density at radius 1 is 1.14 bits per heavy atom. The molecule has 3 heterocycles. The molecule has 0 unspecified atom stereocenters. The van der Waals surface area contributed by atoms with Gasteiger partial charge in [0.05, 0.1) is 6.10 Å². The van der Waals surface area contributed by atoms with Gasteiger partial charge in [-0.3, -0.25) is 9.88 Å². The summed E-state index contributed by atoms with van der Waals surface area (Å²) in [7, 11) is 2.23. The zero-order chi connectivity index (χ0) is 14.9. The molecule has 1 saturated carbocycles. The van der Waals surface area contributed by atoms with Crippen molar-refractivity contribution in [3.05, 3.63) is 23.5 Å². The summed E-state index contributed by atoms with van der Waals surface area (Å²) >= 11 is 0. The summed E-state index contributed by atoms with van der Waals surface area (Å²) in [6.45, 7) is 4.64. The van der Waals surface area contributed by atoms with Crippen molar-refractivity contribution in [3.63, 3.8) is 0 Å². The first-order valence-electron chi connectivity index (χ1n) is 8.85. The Hall–Kier alpha value is -1.13. The molecule has 2 aliphatic heterocycles. The van der Waals surface area contributed by atoms with Crippen LogP contribution >= 0.6 is 0 Å². The van der Waals surface area contributed by atoms with Crippen LogP contribution in [0.5, 0.6) is 5.75 Å². The summed E-state index contributed by atoms with van der Waals surface area (Å²) in [4.78, 5) is 9.72. The van der Waals surface area contributed by atoms with E-state index in [9.17, 15) is 0 Å². The molecule has 22 heavy (non-hydrogen) atoms. The monoisotopic (exact) mass is 301 g/mol. The molecule has 1 saturated heterocycles. The molecule has 1 aliphatic carbocycles. The summed E-state index contributed by atoms with van der Waals surface area (Å²) in [5.74, 6) is 1.10. The summed E-state index contributed by atoms with van der Waals surface area (Å²) < 4.78 is 6.23. The van der Waals surface area contributed by atoms with E-state index in [1.165, 1.54) is 56.5 Å².